The van der Waals surface area contributed by atoms with E-state index in [4.69, 9.17) is 4.74 Å². The third kappa shape index (κ3) is 5.21. The zero-order chi connectivity index (χ0) is 16.7. The Morgan fingerprint density at radius 2 is 2.00 bits per heavy atom. The second-order valence-electron chi connectivity index (χ2n) is 5.96. The van der Waals surface area contributed by atoms with Crippen LogP contribution in [0.3, 0.4) is 0 Å². The molecule has 23 heavy (non-hydrogen) atoms. The molecule has 0 bridgehead atoms. The lowest BCUT2D eigenvalue weighted by atomic mass is 9.95. The lowest BCUT2D eigenvalue weighted by molar-refractivity contribution is 0.0526. The number of hydrogen-bond donors (Lipinski definition) is 2. The summed E-state index contributed by atoms with van der Waals surface area (Å²) in [5, 5.41) is 7.04. The molecule has 1 aliphatic rings. The summed E-state index contributed by atoms with van der Waals surface area (Å²) >= 11 is 3.59. The predicted molar refractivity (Wildman–Crippen MR) is 98.0 cm³/mol. The van der Waals surface area contributed by atoms with Gasteiger partial charge in [0.1, 0.15) is 0 Å². The van der Waals surface area contributed by atoms with Gasteiger partial charge in [-0.15, -0.1) is 0 Å². The molecular weight excluding hydrogens is 356 g/mol. The molecule has 2 rings (SSSR count). The molecule has 1 fully saturated rings. The first-order valence-corrected chi connectivity index (χ1v) is 9.41. The van der Waals surface area contributed by atoms with Crippen molar-refractivity contribution >= 4 is 27.6 Å². The minimum atomic E-state index is -0.268. The Hall–Kier alpha value is -1.07. The van der Waals surface area contributed by atoms with Crippen molar-refractivity contribution < 1.29 is 9.53 Å². The summed E-state index contributed by atoms with van der Waals surface area (Å²) in [6.45, 7) is 5.89. The fourth-order valence-electron chi connectivity index (χ4n) is 3.07. The number of carbonyl (C=O) groups is 1. The third-order valence-corrected chi connectivity index (χ3v) is 4.85. The van der Waals surface area contributed by atoms with Crippen molar-refractivity contribution in [3.8, 4) is 0 Å². The number of benzene rings is 1. The SMILES string of the molecule is CCNc1c(Br)cc(C(=O)OCC)cc1CNC1CCCCC1. The monoisotopic (exact) mass is 382 g/mol. The maximum atomic E-state index is 12.0. The van der Waals surface area contributed by atoms with Crippen LogP contribution in [0, 0.1) is 0 Å². The van der Waals surface area contributed by atoms with Crippen molar-refractivity contribution in [3.63, 3.8) is 0 Å². The van der Waals surface area contributed by atoms with Crippen LogP contribution in [0.15, 0.2) is 16.6 Å². The van der Waals surface area contributed by atoms with E-state index in [1.807, 2.05) is 19.1 Å². The molecule has 4 nitrogen and oxygen atoms in total. The molecule has 0 aliphatic heterocycles. The standard InChI is InChI=1S/C18H27BrN2O2/c1-3-20-17-14(12-21-15-8-6-5-7-9-15)10-13(11-16(17)19)18(22)23-4-2/h10-11,15,20-21H,3-9,12H2,1-2H3. The van der Waals surface area contributed by atoms with Crippen LogP contribution in [0.2, 0.25) is 0 Å². The molecule has 0 heterocycles. The minimum absolute atomic E-state index is 0.268. The second kappa shape index (κ2) is 9.28. The number of nitrogens with one attached hydrogen (secondary N) is 2. The van der Waals surface area contributed by atoms with E-state index in [-0.39, 0.29) is 5.97 Å². The molecule has 2 N–H and O–H groups in total. The number of ether oxygens (including phenoxy) is 1. The fraction of sp³-hybridized carbons (Fsp3) is 0.611. The molecule has 1 aromatic rings. The number of halogens is 1. The Kier molecular flexibility index (Phi) is 7.37. The summed E-state index contributed by atoms with van der Waals surface area (Å²) < 4.78 is 6.04. The van der Waals surface area contributed by atoms with E-state index in [1.54, 1.807) is 0 Å². The molecule has 1 aromatic carbocycles. The molecule has 0 atom stereocenters. The van der Waals surface area contributed by atoms with Gasteiger partial charge >= 0.3 is 5.97 Å². The van der Waals surface area contributed by atoms with Crippen LogP contribution in [-0.2, 0) is 11.3 Å². The van der Waals surface area contributed by atoms with Gasteiger partial charge in [-0.1, -0.05) is 19.3 Å². The zero-order valence-corrected chi connectivity index (χ0v) is 15.7. The van der Waals surface area contributed by atoms with E-state index >= 15 is 0 Å². The second-order valence-corrected chi connectivity index (χ2v) is 6.81. The molecule has 0 radical (unpaired) electrons. The highest BCUT2D eigenvalue weighted by molar-refractivity contribution is 9.10. The topological polar surface area (TPSA) is 50.4 Å². The molecule has 128 valence electrons. The van der Waals surface area contributed by atoms with E-state index in [2.05, 4.69) is 33.5 Å². The summed E-state index contributed by atoms with van der Waals surface area (Å²) in [5.41, 5.74) is 2.76. The minimum Gasteiger partial charge on any atom is -0.462 e. The third-order valence-electron chi connectivity index (χ3n) is 4.22. The Balaban J connectivity index is 2.16. The number of rotatable bonds is 7. The summed E-state index contributed by atoms with van der Waals surface area (Å²) in [5.74, 6) is -0.268. The maximum Gasteiger partial charge on any atom is 0.338 e. The van der Waals surface area contributed by atoms with Crippen molar-refractivity contribution in [2.24, 2.45) is 0 Å². The van der Waals surface area contributed by atoms with Crippen LogP contribution in [0.4, 0.5) is 5.69 Å². The molecule has 5 heteroatoms. The van der Waals surface area contributed by atoms with E-state index in [1.165, 1.54) is 32.1 Å². The van der Waals surface area contributed by atoms with Gasteiger partial charge in [-0.2, -0.15) is 0 Å². The lowest BCUT2D eigenvalue weighted by Crippen LogP contribution is -2.30. The van der Waals surface area contributed by atoms with E-state index in [0.717, 1.165) is 28.8 Å². The van der Waals surface area contributed by atoms with Gasteiger partial charge in [-0.3, -0.25) is 0 Å². The molecule has 0 saturated heterocycles. The average molecular weight is 383 g/mol. The van der Waals surface area contributed by atoms with Gasteiger partial charge in [0.05, 0.1) is 17.9 Å². The van der Waals surface area contributed by atoms with Crippen molar-refractivity contribution in [1.82, 2.24) is 5.32 Å². The highest BCUT2D eigenvalue weighted by Gasteiger charge is 2.17. The highest BCUT2D eigenvalue weighted by Crippen LogP contribution is 2.29. The van der Waals surface area contributed by atoms with E-state index < -0.39 is 0 Å². The maximum absolute atomic E-state index is 12.0. The van der Waals surface area contributed by atoms with Crippen LogP contribution in [0.1, 0.15) is 61.9 Å². The molecular formula is C18H27BrN2O2. The Bertz CT molecular complexity index is 528. The molecule has 0 spiro atoms. The van der Waals surface area contributed by atoms with Gasteiger partial charge in [-0.25, -0.2) is 4.79 Å². The van der Waals surface area contributed by atoms with Crippen LogP contribution in [0.25, 0.3) is 0 Å². The van der Waals surface area contributed by atoms with Gasteiger partial charge < -0.3 is 15.4 Å². The molecule has 1 saturated carbocycles. The quantitative estimate of drug-likeness (QED) is 0.682. The fourth-order valence-corrected chi connectivity index (χ4v) is 3.71. The average Bonchev–Trinajstić information content (AvgIpc) is 2.56. The number of esters is 1. The summed E-state index contributed by atoms with van der Waals surface area (Å²) in [6.07, 6.45) is 6.46. The van der Waals surface area contributed by atoms with E-state index in [0.29, 0.717) is 18.2 Å². The first-order chi connectivity index (χ1) is 11.2. The van der Waals surface area contributed by atoms with Gasteiger partial charge in [0.25, 0.3) is 0 Å². The summed E-state index contributed by atoms with van der Waals surface area (Å²) in [4.78, 5) is 12.0. The summed E-state index contributed by atoms with van der Waals surface area (Å²) in [7, 11) is 0. The van der Waals surface area contributed by atoms with Crippen molar-refractivity contribution in [2.45, 2.75) is 58.5 Å². The zero-order valence-electron chi connectivity index (χ0n) is 14.1. The van der Waals surface area contributed by atoms with Gasteiger partial charge in [0.2, 0.25) is 0 Å². The molecule has 0 aromatic heterocycles. The first kappa shape index (κ1) is 18.3. The van der Waals surface area contributed by atoms with Crippen molar-refractivity contribution in [3.05, 3.63) is 27.7 Å². The largest absolute Gasteiger partial charge is 0.462 e. The van der Waals surface area contributed by atoms with E-state index in [9.17, 15) is 4.79 Å². The van der Waals surface area contributed by atoms with Crippen LogP contribution in [-0.4, -0.2) is 25.2 Å². The number of anilines is 1. The Morgan fingerprint density at radius 3 is 2.65 bits per heavy atom. The van der Waals surface area contributed by atoms with Crippen molar-refractivity contribution in [2.75, 3.05) is 18.5 Å². The smallest absolute Gasteiger partial charge is 0.338 e. The molecule has 0 unspecified atom stereocenters. The number of carbonyl (C=O) groups excluding carboxylic acids is 1. The number of hydrogen-bond acceptors (Lipinski definition) is 4. The van der Waals surface area contributed by atoms with Crippen LogP contribution in [0.5, 0.6) is 0 Å². The normalized spacial score (nSPS) is 15.4. The van der Waals surface area contributed by atoms with Crippen molar-refractivity contribution in [1.29, 1.82) is 0 Å². The first-order valence-electron chi connectivity index (χ1n) is 8.62. The lowest BCUT2D eigenvalue weighted by Gasteiger charge is -2.24. The Labute approximate surface area is 147 Å². The van der Waals surface area contributed by atoms with Gasteiger partial charge in [0.15, 0.2) is 0 Å². The molecule has 1 aliphatic carbocycles. The van der Waals surface area contributed by atoms with Crippen LogP contribution >= 0.6 is 15.9 Å². The summed E-state index contributed by atoms with van der Waals surface area (Å²) in [6, 6.07) is 4.36. The highest BCUT2D eigenvalue weighted by atomic mass is 79.9. The Morgan fingerprint density at radius 1 is 1.26 bits per heavy atom. The van der Waals surface area contributed by atoms with Crippen LogP contribution < -0.4 is 10.6 Å². The van der Waals surface area contributed by atoms with Gasteiger partial charge in [0, 0.05) is 23.6 Å². The van der Waals surface area contributed by atoms with Gasteiger partial charge in [-0.05, 0) is 60.3 Å². The predicted octanol–water partition coefficient (Wildman–Crippen LogP) is 4.48. The molecule has 0 amide bonds.